The Morgan fingerprint density at radius 2 is 2.17 bits per heavy atom. The molecule has 1 amide bonds. The molecule has 5 heteroatoms. The minimum Gasteiger partial charge on any atom is -0.377 e. The summed E-state index contributed by atoms with van der Waals surface area (Å²) in [5.41, 5.74) is 2.39. The third kappa shape index (κ3) is 4.31. The predicted molar refractivity (Wildman–Crippen MR) is 88.3 cm³/mol. The number of amides is 1. The number of nitrogens with one attached hydrogen (secondary N) is 1. The van der Waals surface area contributed by atoms with Crippen molar-refractivity contribution in [2.75, 3.05) is 39.4 Å². The van der Waals surface area contributed by atoms with Gasteiger partial charge in [0.05, 0.1) is 25.8 Å². The number of carbonyl (C=O) groups is 1. The smallest absolute Gasteiger partial charge is 0.236 e. The molecule has 0 unspecified atom stereocenters. The molecule has 3 rings (SSSR count). The summed E-state index contributed by atoms with van der Waals surface area (Å²) in [6, 6.07) is 8.22. The number of nitrogens with zero attached hydrogens (tertiary/aromatic N) is 1. The Balaban J connectivity index is 1.49. The Hall–Kier alpha value is -1.43. The average molecular weight is 318 g/mol. The summed E-state index contributed by atoms with van der Waals surface area (Å²) in [6.45, 7) is 5.97. The SMILES string of the molecule is Cc1ccccc1[C@@H]1CN(C(=O)CNC[C@@H]2CCCO2)CCO1. The number of benzene rings is 1. The number of morpholine rings is 1. The van der Waals surface area contributed by atoms with Crippen LogP contribution < -0.4 is 5.32 Å². The Kier molecular flexibility index (Phi) is 5.65. The van der Waals surface area contributed by atoms with Gasteiger partial charge in [0.25, 0.3) is 0 Å². The monoisotopic (exact) mass is 318 g/mol. The van der Waals surface area contributed by atoms with E-state index < -0.39 is 0 Å². The van der Waals surface area contributed by atoms with Crippen LogP contribution in [0.1, 0.15) is 30.1 Å². The summed E-state index contributed by atoms with van der Waals surface area (Å²) in [7, 11) is 0. The van der Waals surface area contributed by atoms with Gasteiger partial charge in [-0.05, 0) is 30.9 Å². The van der Waals surface area contributed by atoms with Gasteiger partial charge in [0.15, 0.2) is 0 Å². The number of carbonyl (C=O) groups excluding carboxylic acids is 1. The highest BCUT2D eigenvalue weighted by atomic mass is 16.5. The second kappa shape index (κ2) is 7.90. The summed E-state index contributed by atoms with van der Waals surface area (Å²) in [6.07, 6.45) is 2.47. The maximum absolute atomic E-state index is 12.4. The Morgan fingerprint density at radius 3 is 2.96 bits per heavy atom. The highest BCUT2D eigenvalue weighted by molar-refractivity contribution is 5.78. The zero-order valence-corrected chi connectivity index (χ0v) is 13.8. The molecule has 2 aliphatic heterocycles. The summed E-state index contributed by atoms with van der Waals surface area (Å²) >= 11 is 0. The molecule has 0 spiro atoms. The van der Waals surface area contributed by atoms with Crippen LogP contribution in [0.15, 0.2) is 24.3 Å². The molecular weight excluding hydrogens is 292 g/mol. The van der Waals surface area contributed by atoms with E-state index in [0.29, 0.717) is 26.2 Å². The lowest BCUT2D eigenvalue weighted by Crippen LogP contribution is -2.46. The summed E-state index contributed by atoms with van der Waals surface area (Å²) in [5, 5.41) is 3.23. The molecule has 0 bridgehead atoms. The van der Waals surface area contributed by atoms with Gasteiger partial charge < -0.3 is 19.7 Å². The third-order valence-electron chi connectivity index (χ3n) is 4.63. The second-order valence-corrected chi connectivity index (χ2v) is 6.32. The third-order valence-corrected chi connectivity index (χ3v) is 4.63. The van der Waals surface area contributed by atoms with E-state index in [2.05, 4.69) is 24.4 Å². The van der Waals surface area contributed by atoms with Crippen LogP contribution in [0, 0.1) is 6.92 Å². The largest absolute Gasteiger partial charge is 0.377 e. The number of ether oxygens (including phenoxy) is 2. The first-order chi connectivity index (χ1) is 11.2. The van der Waals surface area contributed by atoms with Crippen LogP contribution in [0.25, 0.3) is 0 Å². The van der Waals surface area contributed by atoms with Gasteiger partial charge in [0.2, 0.25) is 5.91 Å². The van der Waals surface area contributed by atoms with Crippen LogP contribution in [0.2, 0.25) is 0 Å². The molecule has 2 heterocycles. The molecule has 126 valence electrons. The summed E-state index contributed by atoms with van der Waals surface area (Å²) in [5.74, 6) is 0.143. The maximum atomic E-state index is 12.4. The zero-order chi connectivity index (χ0) is 16.1. The van der Waals surface area contributed by atoms with Crippen LogP contribution in [-0.4, -0.2) is 56.3 Å². The Labute approximate surface area is 137 Å². The minimum absolute atomic E-state index is 0.0212. The molecular formula is C18H26N2O3. The summed E-state index contributed by atoms with van der Waals surface area (Å²) < 4.78 is 11.4. The fraction of sp³-hybridized carbons (Fsp3) is 0.611. The molecule has 2 fully saturated rings. The van der Waals surface area contributed by atoms with E-state index in [9.17, 15) is 4.79 Å². The normalized spacial score (nSPS) is 24.8. The minimum atomic E-state index is -0.0212. The first-order valence-electron chi connectivity index (χ1n) is 8.51. The van der Waals surface area contributed by atoms with Crippen molar-refractivity contribution in [2.24, 2.45) is 0 Å². The molecule has 2 atom stereocenters. The number of hydrogen-bond acceptors (Lipinski definition) is 4. The molecule has 0 saturated carbocycles. The van der Waals surface area contributed by atoms with Crippen molar-refractivity contribution in [3.05, 3.63) is 35.4 Å². The van der Waals surface area contributed by atoms with Gasteiger partial charge in [-0.2, -0.15) is 0 Å². The topological polar surface area (TPSA) is 50.8 Å². The van der Waals surface area contributed by atoms with Crippen LogP contribution in [-0.2, 0) is 14.3 Å². The van der Waals surface area contributed by atoms with Crippen molar-refractivity contribution in [3.8, 4) is 0 Å². The van der Waals surface area contributed by atoms with E-state index in [4.69, 9.17) is 9.47 Å². The number of hydrogen-bond donors (Lipinski definition) is 1. The molecule has 1 aromatic carbocycles. The number of rotatable bonds is 5. The van der Waals surface area contributed by atoms with Crippen LogP contribution in [0.4, 0.5) is 0 Å². The van der Waals surface area contributed by atoms with Gasteiger partial charge in [-0.15, -0.1) is 0 Å². The highest BCUT2D eigenvalue weighted by Gasteiger charge is 2.26. The van der Waals surface area contributed by atoms with Gasteiger partial charge >= 0.3 is 0 Å². The van der Waals surface area contributed by atoms with Gasteiger partial charge in [0, 0.05) is 19.7 Å². The summed E-state index contributed by atoms with van der Waals surface area (Å²) in [4.78, 5) is 14.3. The van der Waals surface area contributed by atoms with Crippen molar-refractivity contribution in [1.82, 2.24) is 10.2 Å². The van der Waals surface area contributed by atoms with E-state index >= 15 is 0 Å². The van der Waals surface area contributed by atoms with Crippen molar-refractivity contribution in [2.45, 2.75) is 32.0 Å². The fourth-order valence-electron chi connectivity index (χ4n) is 3.27. The number of aryl methyl sites for hydroxylation is 1. The Morgan fingerprint density at radius 1 is 1.30 bits per heavy atom. The van der Waals surface area contributed by atoms with E-state index in [1.165, 1.54) is 11.1 Å². The van der Waals surface area contributed by atoms with Gasteiger partial charge in [0.1, 0.15) is 6.10 Å². The van der Waals surface area contributed by atoms with E-state index in [1.54, 1.807) is 0 Å². The van der Waals surface area contributed by atoms with Gasteiger partial charge in [-0.3, -0.25) is 4.79 Å². The second-order valence-electron chi connectivity index (χ2n) is 6.32. The maximum Gasteiger partial charge on any atom is 0.236 e. The molecule has 0 aromatic heterocycles. The van der Waals surface area contributed by atoms with Crippen LogP contribution >= 0.6 is 0 Å². The van der Waals surface area contributed by atoms with E-state index in [1.807, 2.05) is 17.0 Å². The standard InChI is InChI=1S/C18H26N2O3/c1-14-5-2-3-7-16(14)17-13-20(8-10-23-17)18(21)12-19-11-15-6-4-9-22-15/h2-3,5,7,15,17,19H,4,6,8-13H2,1H3/t15-,17-/m0/s1. The quantitative estimate of drug-likeness (QED) is 0.897. The van der Waals surface area contributed by atoms with Gasteiger partial charge in [-0.1, -0.05) is 24.3 Å². The van der Waals surface area contributed by atoms with Crippen LogP contribution in [0.3, 0.4) is 0 Å². The lowest BCUT2D eigenvalue weighted by molar-refractivity contribution is -0.138. The molecule has 0 radical (unpaired) electrons. The lowest BCUT2D eigenvalue weighted by atomic mass is 10.0. The molecule has 0 aliphatic carbocycles. The molecule has 2 aliphatic rings. The van der Waals surface area contributed by atoms with Crippen LogP contribution in [0.5, 0.6) is 0 Å². The molecule has 5 nitrogen and oxygen atoms in total. The predicted octanol–water partition coefficient (Wildman–Crippen LogP) is 1.66. The molecule has 23 heavy (non-hydrogen) atoms. The van der Waals surface area contributed by atoms with E-state index in [0.717, 1.165) is 26.0 Å². The average Bonchev–Trinajstić information content (AvgIpc) is 3.09. The first kappa shape index (κ1) is 16.4. The lowest BCUT2D eigenvalue weighted by Gasteiger charge is -2.34. The van der Waals surface area contributed by atoms with Crippen molar-refractivity contribution < 1.29 is 14.3 Å². The molecule has 1 N–H and O–H groups in total. The van der Waals surface area contributed by atoms with Gasteiger partial charge in [-0.25, -0.2) is 0 Å². The van der Waals surface area contributed by atoms with E-state index in [-0.39, 0.29) is 18.1 Å². The van der Waals surface area contributed by atoms with Crippen molar-refractivity contribution in [3.63, 3.8) is 0 Å². The zero-order valence-electron chi connectivity index (χ0n) is 13.8. The Bertz CT molecular complexity index is 529. The van der Waals surface area contributed by atoms with Crippen molar-refractivity contribution >= 4 is 5.91 Å². The van der Waals surface area contributed by atoms with Crippen molar-refractivity contribution in [1.29, 1.82) is 0 Å². The highest BCUT2D eigenvalue weighted by Crippen LogP contribution is 2.24. The molecule has 2 saturated heterocycles. The first-order valence-corrected chi connectivity index (χ1v) is 8.51. The molecule has 1 aromatic rings. The fourth-order valence-corrected chi connectivity index (χ4v) is 3.27.